The molecular weight excluding hydrogens is 723 g/mol. The molecule has 0 radical (unpaired) electrons. The molecule has 3 N–H and O–H groups in total. The highest BCUT2D eigenvalue weighted by atomic mass is 32.2. The van der Waals surface area contributed by atoms with Crippen molar-refractivity contribution >= 4 is 44.7 Å². The number of alkyl carbamates (subject to hydrolysis) is 1. The number of nitrogens with zero attached hydrogens (tertiary/aromatic N) is 2. The van der Waals surface area contributed by atoms with Crippen molar-refractivity contribution in [2.45, 2.75) is 152 Å². The van der Waals surface area contributed by atoms with Gasteiger partial charge in [0.2, 0.25) is 21.8 Å². The number of aryl methyl sites for hydroxylation is 3. The molecule has 4 amide bonds. The normalized spacial score (nSPS) is 29.7. The quantitative estimate of drug-likeness (QED) is 0.351. The van der Waals surface area contributed by atoms with E-state index in [1.165, 1.54) is 10.5 Å². The van der Waals surface area contributed by atoms with E-state index < -0.39 is 73.3 Å². The predicted molar refractivity (Wildman–Crippen MR) is 207 cm³/mol. The maximum atomic E-state index is 14.7. The molecule has 1 spiro atoms. The molecule has 14 heteroatoms. The Labute approximate surface area is 323 Å². The number of sulfonamides is 1. The lowest BCUT2D eigenvalue weighted by atomic mass is 9.87. The van der Waals surface area contributed by atoms with Gasteiger partial charge in [0.1, 0.15) is 34.6 Å². The Balaban J connectivity index is 1.24. The predicted octanol–water partition coefficient (Wildman–Crippen LogP) is 5.06. The lowest BCUT2D eigenvalue weighted by Gasteiger charge is -2.37. The summed E-state index contributed by atoms with van der Waals surface area (Å²) in [4.78, 5) is 62.8. The molecule has 1 aromatic carbocycles. The van der Waals surface area contributed by atoms with Crippen LogP contribution in [-0.2, 0) is 42.0 Å². The molecule has 0 bridgehead atoms. The third-order valence-corrected chi connectivity index (χ3v) is 14.3. The number of aromatic nitrogens is 1. The molecule has 3 aliphatic heterocycles. The van der Waals surface area contributed by atoms with Crippen molar-refractivity contribution in [3.05, 3.63) is 47.2 Å². The smallest absolute Gasteiger partial charge is 0.408 e. The molecule has 13 nitrogen and oxygen atoms in total. The van der Waals surface area contributed by atoms with Gasteiger partial charge >= 0.3 is 6.09 Å². The number of ether oxygens (including phenoxy) is 2. The molecule has 4 heterocycles. The molecule has 298 valence electrons. The van der Waals surface area contributed by atoms with Gasteiger partial charge in [-0.1, -0.05) is 38.0 Å². The van der Waals surface area contributed by atoms with Crippen LogP contribution in [0.3, 0.4) is 0 Å². The Morgan fingerprint density at radius 1 is 1.11 bits per heavy atom. The zero-order valence-corrected chi connectivity index (χ0v) is 33.7. The zero-order valence-electron chi connectivity index (χ0n) is 32.9. The minimum atomic E-state index is -3.98. The molecule has 2 aromatic rings. The Morgan fingerprint density at radius 2 is 1.87 bits per heavy atom. The van der Waals surface area contributed by atoms with E-state index in [1.54, 1.807) is 27.7 Å². The molecule has 2 aliphatic carbocycles. The van der Waals surface area contributed by atoms with Crippen LogP contribution >= 0.6 is 0 Å². The van der Waals surface area contributed by atoms with Crippen molar-refractivity contribution in [2.24, 2.45) is 5.92 Å². The zero-order chi connectivity index (χ0) is 39.6. The number of amides is 4. The van der Waals surface area contributed by atoms with Crippen LogP contribution in [0.4, 0.5) is 4.79 Å². The van der Waals surface area contributed by atoms with Crippen LogP contribution in [0.2, 0.25) is 0 Å². The third kappa shape index (κ3) is 7.67. The molecular formula is C41H55N5O8S. The maximum absolute atomic E-state index is 14.7. The van der Waals surface area contributed by atoms with E-state index in [0.717, 1.165) is 35.7 Å². The molecule has 3 fully saturated rings. The van der Waals surface area contributed by atoms with Crippen LogP contribution in [0.15, 0.2) is 30.4 Å². The summed E-state index contributed by atoms with van der Waals surface area (Å²) in [5.41, 5.74) is 0.566. The van der Waals surface area contributed by atoms with Gasteiger partial charge in [0.25, 0.3) is 5.91 Å². The molecule has 55 heavy (non-hydrogen) atoms. The Morgan fingerprint density at radius 3 is 2.58 bits per heavy atom. The highest BCUT2D eigenvalue weighted by molar-refractivity contribution is 7.91. The second-order valence-corrected chi connectivity index (χ2v) is 19.8. The number of pyridine rings is 1. The maximum Gasteiger partial charge on any atom is 0.408 e. The number of rotatable bonds is 5. The number of fused-ring (bicyclic) bond motifs is 5. The number of benzene rings is 1. The number of hydrogen-bond donors (Lipinski definition) is 3. The van der Waals surface area contributed by atoms with Crippen LogP contribution < -0.4 is 20.1 Å². The fourth-order valence-corrected chi connectivity index (χ4v) is 9.72. The van der Waals surface area contributed by atoms with Gasteiger partial charge in [-0.3, -0.25) is 19.1 Å². The summed E-state index contributed by atoms with van der Waals surface area (Å²) in [5.74, 6) is -1.56. The lowest BCUT2D eigenvalue weighted by molar-refractivity contribution is -0.141. The summed E-state index contributed by atoms with van der Waals surface area (Å²) in [6.45, 7) is 10.9. The molecule has 5 atom stereocenters. The minimum Gasteiger partial charge on any atom is -0.483 e. The first-order valence-electron chi connectivity index (χ1n) is 19.8. The van der Waals surface area contributed by atoms with E-state index in [2.05, 4.69) is 34.4 Å². The van der Waals surface area contributed by atoms with Gasteiger partial charge in [0, 0.05) is 23.3 Å². The first-order valence-corrected chi connectivity index (χ1v) is 21.3. The summed E-state index contributed by atoms with van der Waals surface area (Å²) < 4.78 is 40.2. The van der Waals surface area contributed by atoms with E-state index in [1.807, 2.05) is 25.1 Å². The van der Waals surface area contributed by atoms with Gasteiger partial charge < -0.3 is 25.0 Å². The molecule has 2 saturated carbocycles. The number of hydrogen-bond acceptors (Lipinski definition) is 9. The van der Waals surface area contributed by atoms with E-state index in [9.17, 15) is 27.6 Å². The Bertz CT molecular complexity index is 2060. The van der Waals surface area contributed by atoms with Crippen LogP contribution in [0.25, 0.3) is 10.9 Å². The van der Waals surface area contributed by atoms with Crippen LogP contribution in [0, 0.1) is 12.8 Å². The molecule has 1 saturated heterocycles. The van der Waals surface area contributed by atoms with Gasteiger partial charge in [0.15, 0.2) is 0 Å². The van der Waals surface area contributed by atoms with E-state index in [4.69, 9.17) is 14.5 Å². The topological polar surface area (TPSA) is 173 Å². The number of carbonyl (C=O) groups excluding carboxylic acids is 4. The monoisotopic (exact) mass is 777 g/mol. The standard InChI is InChI=1S/C41H55N5O8S/c1-7-26-15-16-30-29(21-26)28-17-18-40(53-33(28)25(2)42-30)23-32-34(47)44-41(36(49)45-55(51,52)39(6)19-20-39)22-27(41)13-11-9-8-10-12-14-31(35(48)46(32)24-40)43-37(50)54-38(3,4)5/h11,13,15-16,21,27,31-32H,7-10,12,14,17-20,22-24H2,1-6H3,(H,43,50)(H,44,47)(H,45,49)/b13-11-/t27-,31+,32+,40-,41-/m1/s1. The van der Waals surface area contributed by atoms with Crippen molar-refractivity contribution in [1.82, 2.24) is 25.2 Å². The number of allylic oxidation sites excluding steroid dienone is 1. The highest BCUT2D eigenvalue weighted by Crippen LogP contribution is 2.49. The van der Waals surface area contributed by atoms with Crippen LogP contribution in [0.5, 0.6) is 5.75 Å². The van der Waals surface area contributed by atoms with Crippen LogP contribution in [-0.4, -0.2) is 82.2 Å². The molecule has 1 aromatic heterocycles. The van der Waals surface area contributed by atoms with Crippen LogP contribution in [0.1, 0.15) is 116 Å². The summed E-state index contributed by atoms with van der Waals surface area (Å²) in [7, 11) is -3.98. The van der Waals surface area contributed by atoms with Crippen molar-refractivity contribution in [2.75, 3.05) is 6.54 Å². The summed E-state index contributed by atoms with van der Waals surface area (Å²) in [5, 5.41) is 6.78. The number of carbonyl (C=O) groups is 4. The van der Waals surface area contributed by atoms with Crippen molar-refractivity contribution in [3.63, 3.8) is 0 Å². The largest absolute Gasteiger partial charge is 0.483 e. The number of nitrogens with one attached hydrogen (secondary N) is 3. The van der Waals surface area contributed by atoms with E-state index >= 15 is 0 Å². The lowest BCUT2D eigenvalue weighted by Crippen LogP contribution is -2.58. The summed E-state index contributed by atoms with van der Waals surface area (Å²) >= 11 is 0. The second-order valence-electron chi connectivity index (χ2n) is 17.6. The van der Waals surface area contributed by atoms with E-state index in [0.29, 0.717) is 56.4 Å². The Kier molecular flexibility index (Phi) is 9.99. The minimum absolute atomic E-state index is 0.0671. The summed E-state index contributed by atoms with van der Waals surface area (Å²) in [6, 6.07) is 4.21. The Hall–Kier alpha value is -4.20. The SMILES string of the molecule is CCc1ccc2nc(C)c3c(c2c1)CC[C@]1(C[C@H]2C(=O)N[C@]4(C(=O)NS(=O)(=O)C5(C)CC5)C[C@H]4/C=C\CCCCC[C@H](NC(=O)OC(C)(C)C)C(=O)N2C1)O3. The van der Waals surface area contributed by atoms with Crippen molar-refractivity contribution in [1.29, 1.82) is 0 Å². The fourth-order valence-electron chi connectivity index (χ4n) is 8.41. The first kappa shape index (κ1) is 39.1. The van der Waals surface area contributed by atoms with Crippen molar-refractivity contribution < 1.29 is 37.1 Å². The molecule has 5 aliphatic rings. The van der Waals surface area contributed by atoms with Gasteiger partial charge in [-0.2, -0.15) is 0 Å². The fraction of sp³-hybridized carbons (Fsp3) is 0.634. The van der Waals surface area contributed by atoms with Crippen molar-refractivity contribution in [3.8, 4) is 5.75 Å². The summed E-state index contributed by atoms with van der Waals surface area (Å²) in [6.07, 6.45) is 9.67. The van der Waals surface area contributed by atoms with Gasteiger partial charge in [-0.25, -0.2) is 18.2 Å². The second kappa shape index (κ2) is 14.1. The highest BCUT2D eigenvalue weighted by Gasteiger charge is 2.64. The van der Waals surface area contributed by atoms with Gasteiger partial charge in [-0.05, 0) is 110 Å². The van der Waals surface area contributed by atoms with Gasteiger partial charge in [0.05, 0.1) is 22.5 Å². The molecule has 7 rings (SSSR count). The average Bonchev–Trinajstić information content (AvgIpc) is 4.01. The molecule has 0 unspecified atom stereocenters. The third-order valence-electron chi connectivity index (χ3n) is 12.1. The van der Waals surface area contributed by atoms with Gasteiger partial charge in [-0.15, -0.1) is 0 Å². The first-order chi connectivity index (χ1) is 25.9. The van der Waals surface area contributed by atoms with E-state index in [-0.39, 0.29) is 19.4 Å². The average molecular weight is 778 g/mol.